The molecule has 1 rings (SSSR count). The monoisotopic (exact) mass is 492 g/mol. The summed E-state index contributed by atoms with van der Waals surface area (Å²) in [7, 11) is 1.55. The summed E-state index contributed by atoms with van der Waals surface area (Å²) in [5.41, 5.74) is 0. The SMILES string of the molecule is CCCCCCCCCCCCCCCCOCC(CO[C@@H]1OC(CO)[C@@H](O)C(O)[C@@H]1O)OC. The lowest BCUT2D eigenvalue weighted by Crippen LogP contribution is -2.59. The Labute approximate surface area is 206 Å². The first-order valence-corrected chi connectivity index (χ1v) is 13.6. The second-order valence-corrected chi connectivity index (χ2v) is 9.56. The van der Waals surface area contributed by atoms with E-state index in [0.717, 1.165) is 12.8 Å². The van der Waals surface area contributed by atoms with E-state index in [1.165, 1.54) is 77.0 Å². The minimum Gasteiger partial charge on any atom is -0.394 e. The number of methoxy groups -OCH3 is 1. The summed E-state index contributed by atoms with van der Waals surface area (Å²) < 4.78 is 21.9. The molecule has 0 aromatic heterocycles. The Kier molecular flexibility index (Phi) is 19.4. The Morgan fingerprint density at radius 3 is 1.74 bits per heavy atom. The van der Waals surface area contributed by atoms with E-state index in [1.807, 2.05) is 0 Å². The molecule has 8 heteroatoms. The lowest BCUT2D eigenvalue weighted by atomic mass is 9.99. The van der Waals surface area contributed by atoms with Crippen LogP contribution < -0.4 is 0 Å². The van der Waals surface area contributed by atoms with Gasteiger partial charge in [0.15, 0.2) is 6.29 Å². The van der Waals surface area contributed by atoms with Gasteiger partial charge in [0.25, 0.3) is 0 Å². The van der Waals surface area contributed by atoms with E-state index < -0.39 is 37.3 Å². The van der Waals surface area contributed by atoms with Crippen molar-refractivity contribution >= 4 is 0 Å². The van der Waals surface area contributed by atoms with E-state index in [9.17, 15) is 20.4 Å². The summed E-state index contributed by atoms with van der Waals surface area (Å²) in [4.78, 5) is 0. The molecule has 4 N–H and O–H groups in total. The molecule has 3 unspecified atom stereocenters. The molecule has 1 heterocycles. The normalized spacial score (nSPS) is 26.1. The molecule has 204 valence electrons. The molecule has 0 radical (unpaired) electrons. The van der Waals surface area contributed by atoms with E-state index in [1.54, 1.807) is 7.11 Å². The number of ether oxygens (including phenoxy) is 4. The predicted molar refractivity (Wildman–Crippen MR) is 132 cm³/mol. The third-order valence-corrected chi connectivity index (χ3v) is 6.57. The summed E-state index contributed by atoms with van der Waals surface area (Å²) in [6, 6.07) is 0. The van der Waals surface area contributed by atoms with Crippen molar-refractivity contribution in [2.24, 2.45) is 0 Å². The molecule has 1 saturated heterocycles. The molecule has 34 heavy (non-hydrogen) atoms. The van der Waals surface area contributed by atoms with Crippen LogP contribution in [0.3, 0.4) is 0 Å². The van der Waals surface area contributed by atoms with Gasteiger partial charge in [-0.15, -0.1) is 0 Å². The first kappa shape index (κ1) is 31.7. The predicted octanol–water partition coefficient (Wildman–Crippen LogP) is 3.32. The fraction of sp³-hybridized carbons (Fsp3) is 1.00. The first-order chi connectivity index (χ1) is 16.5. The molecule has 0 bridgehead atoms. The van der Waals surface area contributed by atoms with Crippen LogP contribution in [0.4, 0.5) is 0 Å². The van der Waals surface area contributed by atoms with Crippen LogP contribution in [0.5, 0.6) is 0 Å². The fourth-order valence-electron chi connectivity index (χ4n) is 4.20. The third kappa shape index (κ3) is 13.7. The quantitative estimate of drug-likeness (QED) is 0.170. The second kappa shape index (κ2) is 20.8. The van der Waals surface area contributed by atoms with E-state index in [0.29, 0.717) is 13.2 Å². The van der Waals surface area contributed by atoms with Crippen LogP contribution in [0.1, 0.15) is 96.8 Å². The van der Waals surface area contributed by atoms with Crippen molar-refractivity contribution in [2.75, 3.05) is 33.5 Å². The summed E-state index contributed by atoms with van der Waals surface area (Å²) in [6.45, 7) is 2.89. The molecule has 1 aliphatic heterocycles. The topological polar surface area (TPSA) is 118 Å². The molecule has 0 aromatic rings. The zero-order valence-electron chi connectivity index (χ0n) is 21.6. The van der Waals surface area contributed by atoms with Crippen LogP contribution in [0, 0.1) is 0 Å². The average molecular weight is 493 g/mol. The maximum absolute atomic E-state index is 10.0. The molecule has 6 atom stereocenters. The van der Waals surface area contributed by atoms with Crippen LogP contribution >= 0.6 is 0 Å². The van der Waals surface area contributed by atoms with Gasteiger partial charge in [0.05, 0.1) is 19.8 Å². The van der Waals surface area contributed by atoms with E-state index in [4.69, 9.17) is 18.9 Å². The highest BCUT2D eigenvalue weighted by Crippen LogP contribution is 2.22. The van der Waals surface area contributed by atoms with Crippen molar-refractivity contribution in [1.29, 1.82) is 0 Å². The molecule has 0 aromatic carbocycles. The van der Waals surface area contributed by atoms with Crippen LogP contribution in [0.2, 0.25) is 0 Å². The molecule has 0 aliphatic carbocycles. The molecule has 0 amide bonds. The maximum Gasteiger partial charge on any atom is 0.186 e. The zero-order valence-corrected chi connectivity index (χ0v) is 21.6. The third-order valence-electron chi connectivity index (χ3n) is 6.57. The van der Waals surface area contributed by atoms with Gasteiger partial charge in [-0.05, 0) is 6.42 Å². The number of hydrogen-bond acceptors (Lipinski definition) is 8. The van der Waals surface area contributed by atoms with Crippen molar-refractivity contribution in [3.63, 3.8) is 0 Å². The van der Waals surface area contributed by atoms with Gasteiger partial charge in [-0.1, -0.05) is 90.4 Å². The molecular formula is C26H52O8. The van der Waals surface area contributed by atoms with Gasteiger partial charge < -0.3 is 39.4 Å². The van der Waals surface area contributed by atoms with Crippen LogP contribution in [-0.2, 0) is 18.9 Å². The van der Waals surface area contributed by atoms with Crippen LogP contribution in [0.15, 0.2) is 0 Å². The first-order valence-electron chi connectivity index (χ1n) is 13.6. The summed E-state index contributed by atoms with van der Waals surface area (Å²) >= 11 is 0. The van der Waals surface area contributed by atoms with Crippen molar-refractivity contribution in [3.05, 3.63) is 0 Å². The lowest BCUT2D eigenvalue weighted by molar-refractivity contribution is -0.305. The molecule has 0 spiro atoms. The van der Waals surface area contributed by atoms with Gasteiger partial charge in [-0.2, -0.15) is 0 Å². The van der Waals surface area contributed by atoms with Crippen molar-refractivity contribution in [2.45, 2.75) is 134 Å². The number of rotatable bonds is 22. The van der Waals surface area contributed by atoms with E-state index in [-0.39, 0.29) is 12.7 Å². The maximum atomic E-state index is 10.0. The summed E-state index contributed by atoms with van der Waals surface area (Å²) in [6.07, 6.45) is 11.8. The van der Waals surface area contributed by atoms with Gasteiger partial charge >= 0.3 is 0 Å². The molecule has 1 aliphatic rings. The Morgan fingerprint density at radius 2 is 1.24 bits per heavy atom. The van der Waals surface area contributed by atoms with Crippen LogP contribution in [-0.4, -0.2) is 90.8 Å². The zero-order chi connectivity index (χ0) is 25.0. The number of aliphatic hydroxyl groups excluding tert-OH is 4. The van der Waals surface area contributed by atoms with Crippen LogP contribution in [0.25, 0.3) is 0 Å². The Hall–Kier alpha value is -0.320. The minimum atomic E-state index is -1.45. The highest BCUT2D eigenvalue weighted by molar-refractivity contribution is 4.88. The van der Waals surface area contributed by atoms with Gasteiger partial charge in [-0.25, -0.2) is 0 Å². The Morgan fingerprint density at radius 1 is 0.706 bits per heavy atom. The fourth-order valence-corrected chi connectivity index (χ4v) is 4.20. The van der Waals surface area contributed by atoms with Crippen molar-refractivity contribution in [1.82, 2.24) is 0 Å². The second-order valence-electron chi connectivity index (χ2n) is 9.56. The van der Waals surface area contributed by atoms with Gasteiger partial charge in [-0.3, -0.25) is 0 Å². The largest absolute Gasteiger partial charge is 0.394 e. The lowest BCUT2D eigenvalue weighted by Gasteiger charge is -2.39. The highest BCUT2D eigenvalue weighted by Gasteiger charge is 2.44. The highest BCUT2D eigenvalue weighted by atomic mass is 16.7. The standard InChI is InChI=1S/C26H52O8/c1-3-4-5-6-7-8-9-10-11-12-13-14-15-16-17-32-19-21(31-2)20-33-26-25(30)24(29)23(28)22(18-27)34-26/h21-30H,3-20H2,1-2H3/t21?,22?,23-,24?,25+,26-/m1/s1. The Balaban J connectivity index is 1.97. The number of hydrogen-bond donors (Lipinski definition) is 4. The minimum absolute atomic E-state index is 0.0952. The summed E-state index contributed by atoms with van der Waals surface area (Å²) in [5, 5.41) is 38.9. The van der Waals surface area contributed by atoms with Gasteiger partial charge in [0, 0.05) is 13.7 Å². The van der Waals surface area contributed by atoms with Gasteiger partial charge in [0.1, 0.15) is 30.5 Å². The molecular weight excluding hydrogens is 440 g/mol. The molecule has 0 saturated carbocycles. The number of unbranched alkanes of at least 4 members (excludes halogenated alkanes) is 13. The van der Waals surface area contributed by atoms with Gasteiger partial charge in [0.2, 0.25) is 0 Å². The summed E-state index contributed by atoms with van der Waals surface area (Å²) in [5.74, 6) is 0. The van der Waals surface area contributed by atoms with E-state index >= 15 is 0 Å². The van der Waals surface area contributed by atoms with E-state index in [2.05, 4.69) is 6.92 Å². The van der Waals surface area contributed by atoms with Crippen molar-refractivity contribution < 1.29 is 39.4 Å². The smallest absolute Gasteiger partial charge is 0.186 e. The average Bonchev–Trinajstić information content (AvgIpc) is 2.85. The Bertz CT molecular complexity index is 451. The van der Waals surface area contributed by atoms with Crippen molar-refractivity contribution in [3.8, 4) is 0 Å². The molecule has 1 fully saturated rings. The molecule has 8 nitrogen and oxygen atoms in total. The number of aliphatic hydroxyl groups is 4.